The zero-order valence-electron chi connectivity index (χ0n) is 8.42. The van der Waals surface area contributed by atoms with E-state index in [1.807, 2.05) is 12.1 Å². The van der Waals surface area contributed by atoms with Crippen LogP contribution in [0, 0.1) is 0 Å². The molecule has 0 aliphatic carbocycles. The summed E-state index contributed by atoms with van der Waals surface area (Å²) in [5, 5.41) is 0. The largest absolute Gasteiger partial charge is 0.481 e. The van der Waals surface area contributed by atoms with Crippen LogP contribution in [0.5, 0.6) is 5.88 Å². The topological polar surface area (TPSA) is 22.1 Å². The van der Waals surface area contributed by atoms with E-state index < -0.39 is 0 Å². The Balaban J connectivity index is 2.46. The number of methoxy groups -OCH3 is 1. The standard InChI is InChI=1S/C11H17NO/c1-3-4-5-7-10-8-6-9-11(12-10)13-2/h6,8-9H,3-5,7H2,1-2H3. The maximum Gasteiger partial charge on any atom is 0.213 e. The van der Waals surface area contributed by atoms with Crippen molar-refractivity contribution in [1.82, 2.24) is 4.98 Å². The van der Waals surface area contributed by atoms with Gasteiger partial charge in [0.05, 0.1) is 7.11 Å². The molecule has 0 amide bonds. The minimum absolute atomic E-state index is 0.717. The van der Waals surface area contributed by atoms with Gasteiger partial charge in [0, 0.05) is 11.8 Å². The van der Waals surface area contributed by atoms with Gasteiger partial charge in [-0.25, -0.2) is 4.98 Å². The van der Waals surface area contributed by atoms with E-state index in [4.69, 9.17) is 4.74 Å². The molecule has 1 aromatic heterocycles. The molecular formula is C11H17NO. The van der Waals surface area contributed by atoms with E-state index in [-0.39, 0.29) is 0 Å². The molecule has 1 aromatic rings. The van der Waals surface area contributed by atoms with Gasteiger partial charge in [0.25, 0.3) is 0 Å². The second kappa shape index (κ2) is 5.57. The first-order valence-corrected chi connectivity index (χ1v) is 4.86. The van der Waals surface area contributed by atoms with Crippen LogP contribution in [0.25, 0.3) is 0 Å². The van der Waals surface area contributed by atoms with Gasteiger partial charge in [-0.1, -0.05) is 25.8 Å². The maximum absolute atomic E-state index is 5.05. The lowest BCUT2D eigenvalue weighted by molar-refractivity contribution is 0.396. The van der Waals surface area contributed by atoms with Crippen LogP contribution < -0.4 is 4.74 Å². The molecule has 0 unspecified atom stereocenters. The summed E-state index contributed by atoms with van der Waals surface area (Å²) in [6.45, 7) is 2.21. The van der Waals surface area contributed by atoms with Crippen LogP contribution in [0.15, 0.2) is 18.2 Å². The van der Waals surface area contributed by atoms with Crippen molar-refractivity contribution in [2.75, 3.05) is 7.11 Å². The van der Waals surface area contributed by atoms with Gasteiger partial charge < -0.3 is 4.74 Å². The number of nitrogens with zero attached hydrogens (tertiary/aromatic N) is 1. The SMILES string of the molecule is CCCCCc1cccc(OC)n1. The smallest absolute Gasteiger partial charge is 0.213 e. The second-order valence-electron chi connectivity index (χ2n) is 3.13. The van der Waals surface area contributed by atoms with Gasteiger partial charge in [0.2, 0.25) is 5.88 Å². The summed E-state index contributed by atoms with van der Waals surface area (Å²) >= 11 is 0. The monoisotopic (exact) mass is 179 g/mol. The molecule has 1 heterocycles. The summed E-state index contributed by atoms with van der Waals surface area (Å²) in [6, 6.07) is 5.93. The van der Waals surface area contributed by atoms with E-state index >= 15 is 0 Å². The summed E-state index contributed by atoms with van der Waals surface area (Å²) in [5.74, 6) is 0.717. The molecule has 2 heteroatoms. The van der Waals surface area contributed by atoms with E-state index in [2.05, 4.69) is 18.0 Å². The van der Waals surface area contributed by atoms with Crippen molar-refractivity contribution in [3.05, 3.63) is 23.9 Å². The average Bonchev–Trinajstić information content (AvgIpc) is 2.19. The van der Waals surface area contributed by atoms with Crippen LogP contribution in [0.2, 0.25) is 0 Å². The third-order valence-corrected chi connectivity index (χ3v) is 2.03. The Bertz CT molecular complexity index is 248. The summed E-state index contributed by atoms with van der Waals surface area (Å²) in [4.78, 5) is 4.34. The van der Waals surface area contributed by atoms with Gasteiger partial charge >= 0.3 is 0 Å². The average molecular weight is 179 g/mol. The number of aromatic nitrogens is 1. The van der Waals surface area contributed by atoms with Gasteiger partial charge in [0.15, 0.2) is 0 Å². The number of pyridine rings is 1. The van der Waals surface area contributed by atoms with Crippen LogP contribution in [-0.2, 0) is 6.42 Å². The van der Waals surface area contributed by atoms with Crippen molar-refractivity contribution in [2.45, 2.75) is 32.6 Å². The normalized spacial score (nSPS) is 10.0. The van der Waals surface area contributed by atoms with Gasteiger partial charge in [-0.05, 0) is 18.9 Å². The molecule has 0 aromatic carbocycles. The van der Waals surface area contributed by atoms with Crippen LogP contribution in [-0.4, -0.2) is 12.1 Å². The molecule has 0 aliphatic rings. The number of hydrogen-bond acceptors (Lipinski definition) is 2. The lowest BCUT2D eigenvalue weighted by atomic mass is 10.1. The molecular weight excluding hydrogens is 162 g/mol. The molecule has 72 valence electrons. The molecule has 1 rings (SSSR count). The number of ether oxygens (including phenoxy) is 1. The van der Waals surface area contributed by atoms with Gasteiger partial charge in [-0.3, -0.25) is 0 Å². The predicted molar refractivity (Wildman–Crippen MR) is 54.0 cm³/mol. The molecule has 0 aliphatic heterocycles. The van der Waals surface area contributed by atoms with E-state index in [1.165, 1.54) is 19.3 Å². The Hall–Kier alpha value is -1.05. The fourth-order valence-corrected chi connectivity index (χ4v) is 1.27. The quantitative estimate of drug-likeness (QED) is 0.648. The van der Waals surface area contributed by atoms with Crippen molar-refractivity contribution in [2.24, 2.45) is 0 Å². The van der Waals surface area contributed by atoms with Crippen LogP contribution in [0.3, 0.4) is 0 Å². The molecule has 0 fully saturated rings. The van der Waals surface area contributed by atoms with Gasteiger partial charge in [-0.15, -0.1) is 0 Å². The van der Waals surface area contributed by atoms with Crippen LogP contribution in [0.4, 0.5) is 0 Å². The molecule has 0 atom stereocenters. The van der Waals surface area contributed by atoms with Crippen molar-refractivity contribution < 1.29 is 4.74 Å². The minimum atomic E-state index is 0.717. The molecule has 0 saturated heterocycles. The Kier molecular flexibility index (Phi) is 4.30. The second-order valence-corrected chi connectivity index (χ2v) is 3.13. The highest BCUT2D eigenvalue weighted by Gasteiger charge is 1.96. The van der Waals surface area contributed by atoms with Crippen LogP contribution in [0.1, 0.15) is 31.9 Å². The number of unbranched alkanes of at least 4 members (excludes halogenated alkanes) is 2. The lowest BCUT2D eigenvalue weighted by Crippen LogP contribution is -1.93. The molecule has 0 bridgehead atoms. The minimum Gasteiger partial charge on any atom is -0.481 e. The molecule has 13 heavy (non-hydrogen) atoms. The first kappa shape index (κ1) is 10.0. The molecule has 2 nitrogen and oxygen atoms in total. The van der Waals surface area contributed by atoms with Gasteiger partial charge in [-0.2, -0.15) is 0 Å². The fraction of sp³-hybridized carbons (Fsp3) is 0.545. The highest BCUT2D eigenvalue weighted by molar-refractivity contribution is 5.15. The van der Waals surface area contributed by atoms with Crippen LogP contribution >= 0.6 is 0 Å². The summed E-state index contributed by atoms with van der Waals surface area (Å²) in [5.41, 5.74) is 1.13. The molecule has 0 saturated carbocycles. The highest BCUT2D eigenvalue weighted by Crippen LogP contribution is 2.09. The number of rotatable bonds is 5. The third-order valence-electron chi connectivity index (χ3n) is 2.03. The van der Waals surface area contributed by atoms with Gasteiger partial charge in [0.1, 0.15) is 0 Å². The highest BCUT2D eigenvalue weighted by atomic mass is 16.5. The predicted octanol–water partition coefficient (Wildman–Crippen LogP) is 2.82. The fourth-order valence-electron chi connectivity index (χ4n) is 1.27. The zero-order chi connectivity index (χ0) is 9.52. The Labute approximate surface area is 80.0 Å². The number of aryl methyl sites for hydroxylation is 1. The molecule has 0 spiro atoms. The first-order chi connectivity index (χ1) is 6.36. The number of hydrogen-bond donors (Lipinski definition) is 0. The van der Waals surface area contributed by atoms with E-state index in [0.29, 0.717) is 5.88 Å². The van der Waals surface area contributed by atoms with Crippen molar-refractivity contribution in [3.8, 4) is 5.88 Å². The zero-order valence-corrected chi connectivity index (χ0v) is 8.42. The third kappa shape index (κ3) is 3.45. The summed E-state index contributed by atoms with van der Waals surface area (Å²) < 4.78 is 5.05. The van der Waals surface area contributed by atoms with Crippen molar-refractivity contribution in [1.29, 1.82) is 0 Å². The summed E-state index contributed by atoms with van der Waals surface area (Å²) in [6.07, 6.45) is 4.81. The first-order valence-electron chi connectivity index (χ1n) is 4.86. The van der Waals surface area contributed by atoms with E-state index in [0.717, 1.165) is 12.1 Å². The van der Waals surface area contributed by atoms with E-state index in [9.17, 15) is 0 Å². The van der Waals surface area contributed by atoms with Crippen molar-refractivity contribution in [3.63, 3.8) is 0 Å². The summed E-state index contributed by atoms with van der Waals surface area (Å²) in [7, 11) is 1.65. The Morgan fingerprint density at radius 1 is 1.31 bits per heavy atom. The lowest BCUT2D eigenvalue weighted by Gasteiger charge is -2.02. The Morgan fingerprint density at radius 2 is 2.15 bits per heavy atom. The van der Waals surface area contributed by atoms with E-state index in [1.54, 1.807) is 7.11 Å². The molecule has 0 N–H and O–H groups in total. The maximum atomic E-state index is 5.05. The van der Waals surface area contributed by atoms with Crippen molar-refractivity contribution >= 4 is 0 Å². The Morgan fingerprint density at radius 3 is 2.85 bits per heavy atom. The molecule has 0 radical (unpaired) electrons.